The second-order valence-corrected chi connectivity index (χ2v) is 10.3. The molecule has 3 unspecified atom stereocenters. The van der Waals surface area contributed by atoms with E-state index in [4.69, 9.17) is 9.05 Å². The smallest absolute Gasteiger partial charge is 0.459 e. The van der Waals surface area contributed by atoms with Crippen molar-refractivity contribution in [1.29, 1.82) is 0 Å². The highest BCUT2D eigenvalue weighted by atomic mass is 32.2. The number of nitrogens with one attached hydrogen (secondary N) is 2. The van der Waals surface area contributed by atoms with Gasteiger partial charge >= 0.3 is 19.4 Å². The van der Waals surface area contributed by atoms with Crippen molar-refractivity contribution < 1.29 is 32.6 Å². The highest BCUT2D eigenvalue weighted by Gasteiger charge is 2.39. The number of halogens is 1. The number of carbonyl (C=O) groups is 1. The number of aromatic nitrogens is 2. The lowest BCUT2D eigenvalue weighted by Gasteiger charge is -2.24. The third-order valence-electron chi connectivity index (χ3n) is 4.72. The van der Waals surface area contributed by atoms with Gasteiger partial charge in [0, 0.05) is 6.42 Å². The summed E-state index contributed by atoms with van der Waals surface area (Å²) in [5.41, 5.74) is -1.95. The molecule has 0 amide bonds. The molecule has 0 saturated carbocycles. The molecule has 0 spiro atoms. The number of benzene rings is 1. The zero-order valence-electron chi connectivity index (χ0n) is 17.7. The molecule has 1 saturated heterocycles. The molecular formula is C19H23FN3O8PS. The lowest BCUT2D eigenvalue weighted by molar-refractivity contribution is -0.142. The van der Waals surface area contributed by atoms with E-state index in [0.717, 1.165) is 22.5 Å². The minimum Gasteiger partial charge on any atom is -0.468 e. The van der Waals surface area contributed by atoms with Crippen LogP contribution in [0.4, 0.5) is 4.39 Å². The lowest BCUT2D eigenvalue weighted by Crippen LogP contribution is -2.35. The molecular weight excluding hydrogens is 480 g/mol. The molecule has 5 atom stereocenters. The van der Waals surface area contributed by atoms with Crippen molar-refractivity contribution in [3.8, 4) is 5.75 Å². The van der Waals surface area contributed by atoms with Crippen LogP contribution in [0.3, 0.4) is 0 Å². The molecule has 33 heavy (non-hydrogen) atoms. The molecule has 0 aliphatic carbocycles. The number of rotatable bonds is 9. The van der Waals surface area contributed by atoms with Gasteiger partial charge in [0.2, 0.25) is 5.82 Å². The fourth-order valence-corrected chi connectivity index (χ4v) is 6.11. The quantitative estimate of drug-likeness (QED) is 0.339. The molecule has 3 rings (SSSR count). The lowest BCUT2D eigenvalue weighted by atomic mass is 10.2. The average Bonchev–Trinajstić information content (AvgIpc) is 3.15. The summed E-state index contributed by atoms with van der Waals surface area (Å²) in [6.07, 6.45) is -0.164. The summed E-state index contributed by atoms with van der Waals surface area (Å²) < 4.78 is 43.6. The monoisotopic (exact) mass is 503 g/mol. The molecule has 1 aromatic carbocycles. The number of carbonyl (C=O) groups excluding carboxylic acids is 1. The highest BCUT2D eigenvalue weighted by Crippen LogP contribution is 2.48. The van der Waals surface area contributed by atoms with E-state index in [0.29, 0.717) is 0 Å². The zero-order valence-corrected chi connectivity index (χ0v) is 19.4. The van der Waals surface area contributed by atoms with Crippen LogP contribution in [0.15, 0.2) is 46.1 Å². The van der Waals surface area contributed by atoms with Crippen LogP contribution < -0.4 is 20.9 Å². The molecule has 0 radical (unpaired) electrons. The fourth-order valence-electron chi connectivity index (χ4n) is 3.06. The summed E-state index contributed by atoms with van der Waals surface area (Å²) in [6.45, 7) is 1.14. The van der Waals surface area contributed by atoms with Crippen molar-refractivity contribution in [2.75, 3.05) is 13.7 Å². The summed E-state index contributed by atoms with van der Waals surface area (Å²) in [6, 6.07) is 7.12. The number of hydrogen-bond acceptors (Lipinski definition) is 9. The Kier molecular flexibility index (Phi) is 8.14. The number of hydrogen-bond donors (Lipinski definition) is 3. The summed E-state index contributed by atoms with van der Waals surface area (Å²) in [5.74, 6) is -1.60. The van der Waals surface area contributed by atoms with Crippen LogP contribution in [-0.2, 0) is 18.6 Å². The number of methoxy groups -OCH3 is 1. The zero-order chi connectivity index (χ0) is 24.2. The Balaban J connectivity index is 1.73. The van der Waals surface area contributed by atoms with Crippen LogP contribution in [0.5, 0.6) is 5.75 Å². The maximum atomic E-state index is 13.6. The first kappa shape index (κ1) is 25.2. The Morgan fingerprint density at radius 2 is 2.09 bits per heavy atom. The molecule has 2 aromatic rings. The SMILES string of the molecule is COC(=O)C(C)NP(=O)(OC[C@H]1S[C@H](n2cc(F)c(=O)[nH]c2=O)CC1O)Oc1ccccc1. The molecule has 1 aliphatic heterocycles. The van der Waals surface area contributed by atoms with Gasteiger partial charge in [-0.2, -0.15) is 9.48 Å². The number of aromatic amines is 1. The largest absolute Gasteiger partial charge is 0.468 e. The van der Waals surface area contributed by atoms with E-state index in [1.165, 1.54) is 14.0 Å². The normalized spacial score (nSPS) is 23.0. The van der Waals surface area contributed by atoms with Gasteiger partial charge in [0.15, 0.2) is 0 Å². The molecule has 3 N–H and O–H groups in total. The van der Waals surface area contributed by atoms with Crippen molar-refractivity contribution in [2.45, 2.75) is 36.1 Å². The van der Waals surface area contributed by atoms with E-state index in [-0.39, 0.29) is 18.8 Å². The maximum absolute atomic E-state index is 13.6. The molecule has 2 heterocycles. The van der Waals surface area contributed by atoms with Crippen molar-refractivity contribution in [1.82, 2.24) is 14.6 Å². The first-order valence-electron chi connectivity index (χ1n) is 9.81. The number of thioether (sulfide) groups is 1. The van der Waals surface area contributed by atoms with E-state index in [2.05, 4.69) is 9.82 Å². The van der Waals surface area contributed by atoms with Crippen LogP contribution in [0.25, 0.3) is 0 Å². The average molecular weight is 503 g/mol. The number of aliphatic hydroxyl groups is 1. The topological polar surface area (TPSA) is 149 Å². The van der Waals surface area contributed by atoms with Crippen molar-refractivity contribution in [3.63, 3.8) is 0 Å². The van der Waals surface area contributed by atoms with Crippen LogP contribution in [0.2, 0.25) is 0 Å². The molecule has 0 bridgehead atoms. The van der Waals surface area contributed by atoms with Gasteiger partial charge in [0.25, 0.3) is 5.56 Å². The third-order valence-corrected chi connectivity index (χ3v) is 7.90. The molecule has 1 fully saturated rings. The summed E-state index contributed by atoms with van der Waals surface area (Å²) >= 11 is 1.08. The minimum atomic E-state index is -4.11. The van der Waals surface area contributed by atoms with Gasteiger partial charge in [0.05, 0.1) is 36.6 Å². The number of ether oxygens (including phenoxy) is 1. The van der Waals surface area contributed by atoms with Crippen LogP contribution in [0, 0.1) is 5.82 Å². The van der Waals surface area contributed by atoms with Gasteiger partial charge in [-0.15, -0.1) is 11.8 Å². The Morgan fingerprint density at radius 1 is 1.39 bits per heavy atom. The molecule has 11 nitrogen and oxygen atoms in total. The number of H-pyrrole nitrogens is 1. The summed E-state index contributed by atoms with van der Waals surface area (Å²) in [7, 11) is -2.93. The number of esters is 1. The third kappa shape index (κ3) is 6.33. The maximum Gasteiger partial charge on any atom is 0.459 e. The number of aliphatic hydroxyl groups excluding tert-OH is 1. The first-order chi connectivity index (χ1) is 15.6. The van der Waals surface area contributed by atoms with E-state index >= 15 is 0 Å². The van der Waals surface area contributed by atoms with Crippen LogP contribution in [-0.4, -0.2) is 51.7 Å². The van der Waals surface area contributed by atoms with E-state index in [9.17, 15) is 28.4 Å². The van der Waals surface area contributed by atoms with E-state index < -0.39 is 53.6 Å². The van der Waals surface area contributed by atoms with Crippen molar-refractivity contribution >= 4 is 25.5 Å². The highest BCUT2D eigenvalue weighted by molar-refractivity contribution is 8.00. The van der Waals surface area contributed by atoms with Gasteiger partial charge in [-0.25, -0.2) is 9.36 Å². The molecule has 180 valence electrons. The predicted molar refractivity (Wildman–Crippen MR) is 118 cm³/mol. The van der Waals surface area contributed by atoms with Crippen molar-refractivity contribution in [3.05, 3.63) is 63.2 Å². The molecule has 14 heteroatoms. The predicted octanol–water partition coefficient (Wildman–Crippen LogP) is 1.40. The standard InChI is InChI=1S/C19H23FN3O8PS/c1-11(18(26)29-2)22-32(28,31-12-6-4-3-5-7-12)30-10-15-14(24)8-16(33-15)23-9-13(20)17(25)21-19(23)27/h3-7,9,11,14-16,24H,8,10H2,1-2H3,(H,22,28)(H,21,25,27)/t11?,14?,15-,16+,32?/m1/s1. The Labute approximate surface area is 191 Å². The van der Waals surface area contributed by atoms with Crippen LogP contribution in [0.1, 0.15) is 18.7 Å². The van der Waals surface area contributed by atoms with Gasteiger partial charge < -0.3 is 14.4 Å². The Hall–Kier alpha value is -2.44. The summed E-state index contributed by atoms with van der Waals surface area (Å²) in [5, 5.41) is 11.6. The van der Waals surface area contributed by atoms with Gasteiger partial charge in [-0.1, -0.05) is 18.2 Å². The van der Waals surface area contributed by atoms with Gasteiger partial charge in [-0.3, -0.25) is 23.7 Å². The number of para-hydroxylation sites is 1. The second-order valence-electron chi connectivity index (χ2n) is 7.15. The van der Waals surface area contributed by atoms with E-state index in [1.807, 2.05) is 4.98 Å². The Bertz CT molecular complexity index is 1140. The molecule has 1 aromatic heterocycles. The van der Waals surface area contributed by atoms with E-state index in [1.54, 1.807) is 30.3 Å². The Morgan fingerprint density at radius 3 is 2.76 bits per heavy atom. The van der Waals surface area contributed by atoms with Crippen LogP contribution >= 0.6 is 19.5 Å². The van der Waals surface area contributed by atoms with Crippen molar-refractivity contribution in [2.24, 2.45) is 0 Å². The van der Waals surface area contributed by atoms with Gasteiger partial charge in [0.1, 0.15) is 11.8 Å². The first-order valence-corrected chi connectivity index (χ1v) is 12.3. The second kappa shape index (κ2) is 10.7. The number of nitrogens with zero attached hydrogens (tertiary/aromatic N) is 1. The summed E-state index contributed by atoms with van der Waals surface area (Å²) in [4.78, 5) is 36.9. The van der Waals surface area contributed by atoms with Gasteiger partial charge in [-0.05, 0) is 19.1 Å². The minimum absolute atomic E-state index is 0.0555. The fraction of sp³-hybridized carbons (Fsp3) is 0.421. The molecule has 1 aliphatic rings.